The molecule has 0 radical (unpaired) electrons. The Morgan fingerprint density at radius 1 is 1.44 bits per heavy atom. The van der Waals surface area contributed by atoms with Gasteiger partial charge in [0.25, 0.3) is 0 Å². The second kappa shape index (κ2) is 3.89. The van der Waals surface area contributed by atoms with Crippen LogP contribution in [0.4, 0.5) is 10.1 Å². The average molecular weight is 221 g/mol. The van der Waals surface area contributed by atoms with Crippen LogP contribution in [0.25, 0.3) is 0 Å². The van der Waals surface area contributed by atoms with E-state index in [0.29, 0.717) is 17.5 Å². The van der Waals surface area contributed by atoms with Gasteiger partial charge in [0.2, 0.25) is 0 Å². The summed E-state index contributed by atoms with van der Waals surface area (Å²) >= 11 is 0. The predicted octanol–water partition coefficient (Wildman–Crippen LogP) is 3.02. The Balaban J connectivity index is 2.37. The van der Waals surface area contributed by atoms with Gasteiger partial charge in [-0.2, -0.15) is 0 Å². The average Bonchev–Trinajstić information content (AvgIpc) is 2.58. The van der Waals surface area contributed by atoms with Crippen molar-refractivity contribution in [2.75, 3.05) is 11.4 Å². The summed E-state index contributed by atoms with van der Waals surface area (Å²) in [5.41, 5.74) is 0.996. The molecule has 0 unspecified atom stereocenters. The number of carbonyl (C=O) groups is 1. The van der Waals surface area contributed by atoms with Crippen molar-refractivity contribution in [3.63, 3.8) is 0 Å². The largest absolute Gasteiger partial charge is 0.364 e. The van der Waals surface area contributed by atoms with Crippen LogP contribution in [0.3, 0.4) is 0 Å². The van der Waals surface area contributed by atoms with Gasteiger partial charge in [-0.25, -0.2) is 4.39 Å². The maximum atomic E-state index is 13.8. The van der Waals surface area contributed by atoms with E-state index in [0.717, 1.165) is 19.4 Å². The molecular formula is C13H16FNO. The van der Waals surface area contributed by atoms with Crippen molar-refractivity contribution in [2.24, 2.45) is 0 Å². The Labute approximate surface area is 95.1 Å². The standard InChI is InChI=1S/C13H16FNO/c1-13(2)6-3-7-15(13)12-5-4-10(9-16)8-11(12)14/h4-5,8-9H,3,6-7H2,1-2H3. The van der Waals surface area contributed by atoms with Crippen molar-refractivity contribution < 1.29 is 9.18 Å². The molecule has 1 heterocycles. The fourth-order valence-electron chi connectivity index (χ4n) is 2.37. The zero-order valence-corrected chi connectivity index (χ0v) is 9.66. The van der Waals surface area contributed by atoms with Crippen LogP contribution in [-0.4, -0.2) is 18.4 Å². The summed E-state index contributed by atoms with van der Waals surface area (Å²) in [6.07, 6.45) is 2.83. The highest BCUT2D eigenvalue weighted by Crippen LogP contribution is 2.34. The van der Waals surface area contributed by atoms with E-state index in [1.807, 2.05) is 0 Å². The Bertz CT molecular complexity index is 414. The Morgan fingerprint density at radius 2 is 2.19 bits per heavy atom. The molecule has 0 aromatic heterocycles. The molecular weight excluding hydrogens is 205 g/mol. The molecule has 1 aromatic rings. The molecule has 2 nitrogen and oxygen atoms in total. The first kappa shape index (κ1) is 11.1. The quantitative estimate of drug-likeness (QED) is 0.715. The van der Waals surface area contributed by atoms with E-state index in [2.05, 4.69) is 18.7 Å². The van der Waals surface area contributed by atoms with Crippen molar-refractivity contribution in [3.8, 4) is 0 Å². The number of nitrogens with zero attached hydrogens (tertiary/aromatic N) is 1. The lowest BCUT2D eigenvalue weighted by Crippen LogP contribution is -2.38. The van der Waals surface area contributed by atoms with Crippen LogP contribution < -0.4 is 4.90 Å². The predicted molar refractivity (Wildman–Crippen MR) is 62.4 cm³/mol. The first-order valence-electron chi connectivity index (χ1n) is 5.57. The normalized spacial score (nSPS) is 18.8. The Kier molecular flexibility index (Phi) is 2.70. The molecule has 0 spiro atoms. The van der Waals surface area contributed by atoms with Gasteiger partial charge in [-0.15, -0.1) is 0 Å². The minimum absolute atomic E-state index is 0.00351. The summed E-state index contributed by atoms with van der Waals surface area (Å²) in [5.74, 6) is -0.306. The molecule has 1 saturated heterocycles. The van der Waals surface area contributed by atoms with Crippen molar-refractivity contribution in [3.05, 3.63) is 29.6 Å². The lowest BCUT2D eigenvalue weighted by molar-refractivity contribution is 0.112. The Hall–Kier alpha value is -1.38. The number of rotatable bonds is 2. The lowest BCUT2D eigenvalue weighted by atomic mass is 10.0. The molecule has 0 aliphatic carbocycles. The molecule has 2 rings (SSSR count). The molecule has 0 N–H and O–H groups in total. The Morgan fingerprint density at radius 3 is 2.69 bits per heavy atom. The maximum Gasteiger partial charge on any atom is 0.150 e. The first-order chi connectivity index (χ1) is 7.54. The number of benzene rings is 1. The molecule has 0 bridgehead atoms. The van der Waals surface area contributed by atoms with E-state index in [9.17, 15) is 9.18 Å². The third-order valence-corrected chi connectivity index (χ3v) is 3.30. The van der Waals surface area contributed by atoms with Gasteiger partial charge in [-0.3, -0.25) is 4.79 Å². The number of anilines is 1. The van der Waals surface area contributed by atoms with Crippen molar-refractivity contribution >= 4 is 12.0 Å². The van der Waals surface area contributed by atoms with Crippen LogP contribution in [0.5, 0.6) is 0 Å². The van der Waals surface area contributed by atoms with Gasteiger partial charge < -0.3 is 4.90 Å². The van der Waals surface area contributed by atoms with Gasteiger partial charge in [0.1, 0.15) is 12.1 Å². The second-order valence-electron chi connectivity index (χ2n) is 4.90. The van der Waals surface area contributed by atoms with E-state index in [1.54, 1.807) is 12.1 Å². The lowest BCUT2D eigenvalue weighted by Gasteiger charge is -2.34. The number of halogens is 1. The molecule has 0 amide bonds. The fourth-order valence-corrected chi connectivity index (χ4v) is 2.37. The molecule has 1 aliphatic heterocycles. The van der Waals surface area contributed by atoms with Gasteiger partial charge in [0.15, 0.2) is 0 Å². The summed E-state index contributed by atoms with van der Waals surface area (Å²) in [5, 5.41) is 0. The molecule has 0 saturated carbocycles. The van der Waals surface area contributed by atoms with Crippen LogP contribution in [0.15, 0.2) is 18.2 Å². The molecule has 3 heteroatoms. The topological polar surface area (TPSA) is 20.3 Å². The van der Waals surface area contributed by atoms with Crippen LogP contribution in [0.1, 0.15) is 37.0 Å². The maximum absolute atomic E-state index is 13.8. The minimum atomic E-state index is -0.306. The summed E-state index contributed by atoms with van der Waals surface area (Å²) in [4.78, 5) is 12.6. The van der Waals surface area contributed by atoms with Gasteiger partial charge in [-0.1, -0.05) is 0 Å². The third kappa shape index (κ3) is 1.82. The highest BCUT2D eigenvalue weighted by Gasteiger charge is 2.33. The van der Waals surface area contributed by atoms with E-state index < -0.39 is 0 Å². The number of aldehydes is 1. The van der Waals surface area contributed by atoms with Crippen molar-refractivity contribution in [1.29, 1.82) is 0 Å². The number of hydrogen-bond acceptors (Lipinski definition) is 2. The zero-order chi connectivity index (χ0) is 11.8. The summed E-state index contributed by atoms with van der Waals surface area (Å²) in [7, 11) is 0. The summed E-state index contributed by atoms with van der Waals surface area (Å²) in [6.45, 7) is 5.12. The van der Waals surface area contributed by atoms with E-state index in [1.165, 1.54) is 6.07 Å². The monoisotopic (exact) mass is 221 g/mol. The van der Waals surface area contributed by atoms with Gasteiger partial charge in [0.05, 0.1) is 5.69 Å². The molecule has 86 valence electrons. The summed E-state index contributed by atoms with van der Waals surface area (Å²) < 4.78 is 13.8. The van der Waals surface area contributed by atoms with E-state index in [4.69, 9.17) is 0 Å². The molecule has 1 aliphatic rings. The first-order valence-corrected chi connectivity index (χ1v) is 5.57. The van der Waals surface area contributed by atoms with Gasteiger partial charge in [0, 0.05) is 17.6 Å². The van der Waals surface area contributed by atoms with Crippen LogP contribution in [0.2, 0.25) is 0 Å². The molecule has 1 aromatic carbocycles. The molecule has 0 atom stereocenters. The third-order valence-electron chi connectivity index (χ3n) is 3.30. The van der Waals surface area contributed by atoms with Gasteiger partial charge >= 0.3 is 0 Å². The number of carbonyl (C=O) groups excluding carboxylic acids is 1. The SMILES string of the molecule is CC1(C)CCCN1c1ccc(C=O)cc1F. The highest BCUT2D eigenvalue weighted by atomic mass is 19.1. The van der Waals surface area contributed by atoms with Crippen LogP contribution in [-0.2, 0) is 0 Å². The molecule has 16 heavy (non-hydrogen) atoms. The van der Waals surface area contributed by atoms with E-state index in [-0.39, 0.29) is 11.4 Å². The van der Waals surface area contributed by atoms with Crippen molar-refractivity contribution in [1.82, 2.24) is 0 Å². The van der Waals surface area contributed by atoms with Crippen molar-refractivity contribution in [2.45, 2.75) is 32.2 Å². The second-order valence-corrected chi connectivity index (χ2v) is 4.90. The molecule has 1 fully saturated rings. The van der Waals surface area contributed by atoms with Crippen LogP contribution in [0, 0.1) is 5.82 Å². The highest BCUT2D eigenvalue weighted by molar-refractivity contribution is 5.76. The van der Waals surface area contributed by atoms with Gasteiger partial charge in [-0.05, 0) is 44.9 Å². The summed E-state index contributed by atoms with van der Waals surface area (Å²) in [6, 6.07) is 4.67. The van der Waals surface area contributed by atoms with Crippen LogP contribution >= 0.6 is 0 Å². The number of hydrogen-bond donors (Lipinski definition) is 0. The zero-order valence-electron chi connectivity index (χ0n) is 9.66. The van der Waals surface area contributed by atoms with E-state index >= 15 is 0 Å². The fraction of sp³-hybridized carbons (Fsp3) is 0.462. The minimum Gasteiger partial charge on any atom is -0.364 e. The smallest absolute Gasteiger partial charge is 0.150 e.